The van der Waals surface area contributed by atoms with Gasteiger partial charge in [-0.15, -0.1) is 0 Å². The number of hydrogen-bond donors (Lipinski definition) is 0. The highest BCUT2D eigenvalue weighted by atomic mass is 35.5. The lowest BCUT2D eigenvalue weighted by atomic mass is 10.1. The number of amides is 1. The number of benzene rings is 2. The van der Waals surface area contributed by atoms with E-state index < -0.39 is 5.82 Å². The normalized spacial score (nSPS) is 17.1. The number of piperazine rings is 1. The molecule has 0 unspecified atom stereocenters. The zero-order chi connectivity index (χ0) is 18.1. The fraction of sp³-hybridized carbons (Fsp3) is 0.350. The van der Waals surface area contributed by atoms with Crippen LogP contribution in [0.15, 0.2) is 36.4 Å². The van der Waals surface area contributed by atoms with E-state index in [1.807, 2.05) is 6.07 Å². The van der Waals surface area contributed by atoms with Crippen molar-refractivity contribution in [1.29, 1.82) is 0 Å². The standard InChI is InChI=1S/C20H20ClFN2O2/c21-16-2-3-17(18(22)12-16)20(25)24-8-6-23(7-9-24)13-14-1-4-19-15(11-14)5-10-26-19/h1-4,11-12H,5-10,13H2. The van der Waals surface area contributed by atoms with Crippen molar-refractivity contribution >= 4 is 17.5 Å². The van der Waals surface area contributed by atoms with E-state index in [0.717, 1.165) is 38.4 Å². The van der Waals surface area contributed by atoms with Crippen LogP contribution in [0, 0.1) is 5.82 Å². The molecular formula is C20H20ClFN2O2. The molecule has 4 nitrogen and oxygen atoms in total. The molecule has 1 saturated heterocycles. The summed E-state index contributed by atoms with van der Waals surface area (Å²) < 4.78 is 19.5. The summed E-state index contributed by atoms with van der Waals surface area (Å²) in [6.45, 7) is 4.35. The van der Waals surface area contributed by atoms with E-state index in [-0.39, 0.29) is 11.5 Å². The maximum absolute atomic E-state index is 14.0. The van der Waals surface area contributed by atoms with Gasteiger partial charge in [-0.1, -0.05) is 23.7 Å². The van der Waals surface area contributed by atoms with Gasteiger partial charge < -0.3 is 9.64 Å². The predicted molar refractivity (Wildman–Crippen MR) is 98.2 cm³/mol. The SMILES string of the molecule is O=C(c1ccc(Cl)cc1F)N1CCN(Cc2ccc3c(c2)CCO3)CC1. The Hall–Kier alpha value is -2.11. The van der Waals surface area contributed by atoms with Gasteiger partial charge in [0.15, 0.2) is 0 Å². The van der Waals surface area contributed by atoms with Crippen molar-refractivity contribution in [3.63, 3.8) is 0 Å². The number of halogens is 2. The smallest absolute Gasteiger partial charge is 0.256 e. The van der Waals surface area contributed by atoms with Gasteiger partial charge in [-0.3, -0.25) is 9.69 Å². The average Bonchev–Trinajstić information content (AvgIpc) is 3.10. The molecule has 0 radical (unpaired) electrons. The molecule has 0 saturated carbocycles. The summed E-state index contributed by atoms with van der Waals surface area (Å²) in [5.41, 5.74) is 2.62. The molecule has 2 aromatic carbocycles. The molecular weight excluding hydrogens is 355 g/mol. The Balaban J connectivity index is 1.36. The number of rotatable bonds is 3. The Bertz CT molecular complexity index is 835. The number of hydrogen-bond acceptors (Lipinski definition) is 3. The van der Waals surface area contributed by atoms with Gasteiger partial charge in [0.25, 0.3) is 5.91 Å². The van der Waals surface area contributed by atoms with Crippen molar-refractivity contribution in [2.75, 3.05) is 32.8 Å². The highest BCUT2D eigenvalue weighted by molar-refractivity contribution is 6.30. The van der Waals surface area contributed by atoms with Crippen LogP contribution in [0.25, 0.3) is 0 Å². The molecule has 0 bridgehead atoms. The van der Waals surface area contributed by atoms with E-state index in [4.69, 9.17) is 16.3 Å². The lowest BCUT2D eigenvalue weighted by molar-refractivity contribution is 0.0624. The minimum absolute atomic E-state index is 0.0847. The topological polar surface area (TPSA) is 32.8 Å². The first-order valence-corrected chi connectivity index (χ1v) is 9.19. The number of carbonyl (C=O) groups excluding carboxylic acids is 1. The van der Waals surface area contributed by atoms with Crippen LogP contribution < -0.4 is 4.74 Å². The highest BCUT2D eigenvalue weighted by Gasteiger charge is 2.24. The summed E-state index contributed by atoms with van der Waals surface area (Å²) in [5.74, 6) is 0.160. The summed E-state index contributed by atoms with van der Waals surface area (Å²) in [5, 5.41) is 0.295. The molecule has 0 atom stereocenters. The second-order valence-electron chi connectivity index (χ2n) is 6.73. The highest BCUT2D eigenvalue weighted by Crippen LogP contribution is 2.26. The first-order valence-electron chi connectivity index (χ1n) is 8.81. The Morgan fingerprint density at radius 1 is 1.12 bits per heavy atom. The van der Waals surface area contributed by atoms with Gasteiger partial charge in [-0.2, -0.15) is 0 Å². The molecule has 136 valence electrons. The Kier molecular flexibility index (Phi) is 4.83. The molecule has 0 aliphatic carbocycles. The van der Waals surface area contributed by atoms with Gasteiger partial charge in [-0.05, 0) is 35.4 Å². The van der Waals surface area contributed by atoms with Crippen molar-refractivity contribution in [2.45, 2.75) is 13.0 Å². The summed E-state index contributed by atoms with van der Waals surface area (Å²) in [6.07, 6.45) is 0.970. The third-order valence-electron chi connectivity index (χ3n) is 4.98. The van der Waals surface area contributed by atoms with Crippen LogP contribution in [0.3, 0.4) is 0 Å². The third-order valence-corrected chi connectivity index (χ3v) is 5.22. The molecule has 2 aliphatic rings. The number of fused-ring (bicyclic) bond motifs is 1. The third kappa shape index (κ3) is 3.55. The van der Waals surface area contributed by atoms with Crippen LogP contribution in [-0.2, 0) is 13.0 Å². The summed E-state index contributed by atoms with van der Waals surface area (Å²) in [7, 11) is 0. The van der Waals surface area contributed by atoms with Gasteiger partial charge in [-0.25, -0.2) is 4.39 Å². The maximum atomic E-state index is 14.0. The molecule has 2 aromatic rings. The fourth-order valence-corrected chi connectivity index (χ4v) is 3.70. The molecule has 26 heavy (non-hydrogen) atoms. The van der Waals surface area contributed by atoms with Gasteiger partial charge in [0.2, 0.25) is 0 Å². The van der Waals surface area contributed by atoms with Crippen molar-refractivity contribution < 1.29 is 13.9 Å². The minimum atomic E-state index is -0.565. The Labute approximate surface area is 157 Å². The molecule has 2 heterocycles. The van der Waals surface area contributed by atoms with E-state index in [2.05, 4.69) is 17.0 Å². The number of ether oxygens (including phenoxy) is 1. The van der Waals surface area contributed by atoms with Crippen molar-refractivity contribution in [2.24, 2.45) is 0 Å². The zero-order valence-corrected chi connectivity index (χ0v) is 15.1. The largest absolute Gasteiger partial charge is 0.493 e. The van der Waals surface area contributed by atoms with Gasteiger partial charge in [0.1, 0.15) is 11.6 Å². The summed E-state index contributed by atoms with van der Waals surface area (Å²) in [6, 6.07) is 10.5. The number of nitrogens with zero attached hydrogens (tertiary/aromatic N) is 2. The second kappa shape index (κ2) is 7.25. The molecule has 4 rings (SSSR count). The van der Waals surface area contributed by atoms with E-state index in [0.29, 0.717) is 18.1 Å². The van der Waals surface area contributed by atoms with Crippen LogP contribution >= 0.6 is 11.6 Å². The van der Waals surface area contributed by atoms with Gasteiger partial charge in [0, 0.05) is 44.2 Å². The second-order valence-corrected chi connectivity index (χ2v) is 7.17. The van der Waals surface area contributed by atoms with E-state index in [1.165, 1.54) is 23.3 Å². The lowest BCUT2D eigenvalue weighted by Gasteiger charge is -2.35. The Morgan fingerprint density at radius 3 is 2.69 bits per heavy atom. The average molecular weight is 375 g/mol. The maximum Gasteiger partial charge on any atom is 0.256 e. The molecule has 2 aliphatic heterocycles. The number of carbonyl (C=O) groups is 1. The van der Waals surface area contributed by atoms with Crippen molar-refractivity contribution in [1.82, 2.24) is 9.80 Å². The van der Waals surface area contributed by atoms with Crippen molar-refractivity contribution in [3.05, 3.63) is 63.9 Å². The fourth-order valence-electron chi connectivity index (χ4n) is 3.54. The van der Waals surface area contributed by atoms with E-state index in [9.17, 15) is 9.18 Å². The molecule has 1 amide bonds. The van der Waals surface area contributed by atoms with Crippen molar-refractivity contribution in [3.8, 4) is 5.75 Å². The van der Waals surface area contributed by atoms with Crippen LogP contribution in [-0.4, -0.2) is 48.5 Å². The zero-order valence-electron chi connectivity index (χ0n) is 14.4. The molecule has 0 aromatic heterocycles. The molecule has 1 fully saturated rings. The van der Waals surface area contributed by atoms with Crippen LogP contribution in [0.1, 0.15) is 21.5 Å². The minimum Gasteiger partial charge on any atom is -0.493 e. The monoisotopic (exact) mass is 374 g/mol. The van der Waals surface area contributed by atoms with Gasteiger partial charge >= 0.3 is 0 Å². The quantitative estimate of drug-likeness (QED) is 0.825. The van der Waals surface area contributed by atoms with Crippen LogP contribution in [0.2, 0.25) is 5.02 Å². The molecule has 0 N–H and O–H groups in total. The van der Waals surface area contributed by atoms with Crippen LogP contribution in [0.5, 0.6) is 5.75 Å². The first kappa shape index (κ1) is 17.3. The predicted octanol–water partition coefficient (Wildman–Crippen LogP) is 3.37. The summed E-state index contributed by atoms with van der Waals surface area (Å²) >= 11 is 5.76. The lowest BCUT2D eigenvalue weighted by Crippen LogP contribution is -2.48. The first-order chi connectivity index (χ1) is 12.6. The molecule has 6 heteroatoms. The van der Waals surface area contributed by atoms with Crippen LogP contribution in [0.4, 0.5) is 4.39 Å². The summed E-state index contributed by atoms with van der Waals surface area (Å²) in [4.78, 5) is 16.6. The van der Waals surface area contributed by atoms with E-state index >= 15 is 0 Å². The van der Waals surface area contributed by atoms with Gasteiger partial charge in [0.05, 0.1) is 12.2 Å². The van der Waals surface area contributed by atoms with E-state index in [1.54, 1.807) is 11.0 Å². The Morgan fingerprint density at radius 2 is 1.92 bits per heavy atom. The molecule has 0 spiro atoms.